The summed E-state index contributed by atoms with van der Waals surface area (Å²) in [7, 11) is 0. The Morgan fingerprint density at radius 1 is 1.00 bits per heavy atom. The lowest BCUT2D eigenvalue weighted by Gasteiger charge is -2.24. The van der Waals surface area contributed by atoms with Crippen LogP contribution >= 0.6 is 11.8 Å². The van der Waals surface area contributed by atoms with Gasteiger partial charge in [-0.3, -0.25) is 14.4 Å². The maximum Gasteiger partial charge on any atom is 0.307 e. The van der Waals surface area contributed by atoms with E-state index in [0.717, 1.165) is 11.8 Å². The second-order valence-corrected chi connectivity index (χ2v) is 9.13. The minimum Gasteiger partial charge on any atom is -0.481 e. The van der Waals surface area contributed by atoms with E-state index in [4.69, 9.17) is 0 Å². The Balaban J connectivity index is 1.71. The van der Waals surface area contributed by atoms with Crippen LogP contribution in [0.4, 0.5) is 28.9 Å². The van der Waals surface area contributed by atoms with Gasteiger partial charge in [0, 0.05) is 16.6 Å². The average molecular weight is 511 g/mol. The number of allylic oxidation sites excluding steroid dienone is 2. The van der Waals surface area contributed by atoms with Crippen LogP contribution in [-0.2, 0) is 14.4 Å². The van der Waals surface area contributed by atoms with Gasteiger partial charge in [0.25, 0.3) is 0 Å². The highest BCUT2D eigenvalue weighted by Crippen LogP contribution is 2.31. The predicted octanol–water partition coefficient (Wildman–Crippen LogP) is 5.36. The van der Waals surface area contributed by atoms with Gasteiger partial charge in [-0.15, -0.1) is 11.8 Å². The first-order valence-electron chi connectivity index (χ1n) is 10.7. The Bertz CT molecular complexity index is 1150. The second kappa shape index (κ2) is 11.4. The highest BCUT2D eigenvalue weighted by atomic mass is 32.2. The van der Waals surface area contributed by atoms with Crippen molar-refractivity contribution in [2.24, 2.45) is 11.8 Å². The number of anilines is 2. The number of carbonyl (C=O) groups is 3. The molecule has 0 saturated carbocycles. The molecule has 0 spiro atoms. The minimum atomic E-state index is -1.71. The molecule has 3 unspecified atom stereocenters. The molecule has 11 heteroatoms. The standard InChI is InChI=1S/C24H22F4N2O4S/c1-2-18(23(32)30-21-19(27)16(25)11-17(26)20(21)28)35-13-7-5-6-12(10-13)29-22(31)14-8-3-4-9-15(14)24(33)34/h3-7,10-11,14-15,18H,2,8-9H2,1H3,(H,29,31)(H,30,32)(H,33,34). The van der Waals surface area contributed by atoms with Crippen molar-refractivity contribution in [2.45, 2.75) is 36.3 Å². The van der Waals surface area contributed by atoms with Gasteiger partial charge in [0.15, 0.2) is 23.3 Å². The normalized spacial score (nSPS) is 18.1. The summed E-state index contributed by atoms with van der Waals surface area (Å²) in [6.45, 7) is 1.64. The Morgan fingerprint density at radius 3 is 2.23 bits per heavy atom. The summed E-state index contributed by atoms with van der Waals surface area (Å²) in [5, 5.41) is 13.1. The molecule has 186 valence electrons. The first-order valence-corrected chi connectivity index (χ1v) is 11.6. The number of carboxylic acids is 1. The molecule has 3 rings (SSSR count). The van der Waals surface area contributed by atoms with Gasteiger partial charge in [-0.1, -0.05) is 25.1 Å². The smallest absolute Gasteiger partial charge is 0.307 e. The summed E-state index contributed by atoms with van der Waals surface area (Å²) in [6, 6.07) is 6.46. The lowest BCUT2D eigenvalue weighted by molar-refractivity contribution is -0.146. The van der Waals surface area contributed by atoms with Crippen molar-refractivity contribution < 1.29 is 37.1 Å². The van der Waals surface area contributed by atoms with Crippen LogP contribution in [0.1, 0.15) is 26.2 Å². The minimum absolute atomic E-state index is 0.0500. The average Bonchev–Trinajstić information content (AvgIpc) is 2.84. The number of carbonyl (C=O) groups excluding carboxylic acids is 2. The number of thioether (sulfide) groups is 1. The van der Waals surface area contributed by atoms with E-state index < -0.39 is 63.8 Å². The van der Waals surface area contributed by atoms with E-state index in [2.05, 4.69) is 5.32 Å². The molecule has 0 aliphatic heterocycles. The van der Waals surface area contributed by atoms with E-state index >= 15 is 0 Å². The van der Waals surface area contributed by atoms with Gasteiger partial charge in [-0.25, -0.2) is 17.6 Å². The van der Waals surface area contributed by atoms with Crippen molar-refractivity contribution in [3.63, 3.8) is 0 Å². The molecular weight excluding hydrogens is 488 g/mol. The number of amides is 2. The molecule has 0 fully saturated rings. The molecule has 0 bridgehead atoms. The van der Waals surface area contributed by atoms with Gasteiger partial charge < -0.3 is 15.7 Å². The number of hydrogen-bond donors (Lipinski definition) is 3. The number of hydrogen-bond acceptors (Lipinski definition) is 4. The second-order valence-electron chi connectivity index (χ2n) is 7.86. The van der Waals surface area contributed by atoms with Crippen molar-refractivity contribution >= 4 is 40.9 Å². The number of nitrogens with one attached hydrogen (secondary N) is 2. The number of carboxylic acid groups (broad SMARTS) is 1. The number of benzene rings is 2. The number of aliphatic carboxylic acids is 1. The summed E-state index contributed by atoms with van der Waals surface area (Å²) < 4.78 is 54.7. The Morgan fingerprint density at radius 2 is 1.63 bits per heavy atom. The molecular formula is C24H22F4N2O4S. The molecule has 0 saturated heterocycles. The van der Waals surface area contributed by atoms with Crippen molar-refractivity contribution in [1.82, 2.24) is 0 Å². The van der Waals surface area contributed by atoms with Crippen molar-refractivity contribution in [3.8, 4) is 0 Å². The molecule has 2 aromatic carbocycles. The van der Waals surface area contributed by atoms with Crippen LogP contribution in [0.3, 0.4) is 0 Å². The lowest BCUT2D eigenvalue weighted by Crippen LogP contribution is -2.34. The number of halogens is 4. The van der Waals surface area contributed by atoms with Crippen LogP contribution in [0.25, 0.3) is 0 Å². The fourth-order valence-electron chi connectivity index (χ4n) is 3.63. The molecule has 2 aromatic rings. The van der Waals surface area contributed by atoms with Gasteiger partial charge in [0.1, 0.15) is 5.69 Å². The highest BCUT2D eigenvalue weighted by Gasteiger charge is 2.34. The molecule has 3 N–H and O–H groups in total. The Hall–Kier alpha value is -3.34. The summed E-state index contributed by atoms with van der Waals surface area (Å²) in [5.74, 6) is -10.6. The fourth-order valence-corrected chi connectivity index (χ4v) is 4.65. The highest BCUT2D eigenvalue weighted by molar-refractivity contribution is 8.00. The molecule has 6 nitrogen and oxygen atoms in total. The molecule has 1 aliphatic carbocycles. The summed E-state index contributed by atoms with van der Waals surface area (Å²) in [5.41, 5.74) is -0.833. The zero-order valence-corrected chi connectivity index (χ0v) is 19.3. The molecule has 0 aromatic heterocycles. The third kappa shape index (κ3) is 6.21. The Kier molecular flexibility index (Phi) is 8.55. The maximum absolute atomic E-state index is 13.9. The first-order chi connectivity index (χ1) is 16.6. The van der Waals surface area contributed by atoms with Crippen LogP contribution in [0.15, 0.2) is 47.4 Å². The third-order valence-electron chi connectivity index (χ3n) is 5.49. The predicted molar refractivity (Wildman–Crippen MR) is 123 cm³/mol. The SMILES string of the molecule is CCC(Sc1cccc(NC(=O)C2CC=CCC2C(=O)O)c1)C(=O)Nc1c(F)c(F)cc(F)c1F. The van der Waals surface area contributed by atoms with Crippen molar-refractivity contribution in [2.75, 3.05) is 10.6 Å². The fraction of sp³-hybridized carbons (Fsp3) is 0.292. The Labute approximate surface area is 202 Å². The van der Waals surface area contributed by atoms with E-state index in [1.165, 1.54) is 0 Å². The van der Waals surface area contributed by atoms with Gasteiger partial charge in [0.05, 0.1) is 17.1 Å². The lowest BCUT2D eigenvalue weighted by atomic mass is 9.82. The van der Waals surface area contributed by atoms with Crippen LogP contribution < -0.4 is 10.6 Å². The van der Waals surface area contributed by atoms with Crippen LogP contribution in [0, 0.1) is 35.1 Å². The zero-order valence-electron chi connectivity index (χ0n) is 18.5. The first kappa shape index (κ1) is 26.3. The number of rotatable bonds is 8. The van der Waals surface area contributed by atoms with Crippen LogP contribution in [-0.4, -0.2) is 28.1 Å². The van der Waals surface area contributed by atoms with Gasteiger partial charge >= 0.3 is 5.97 Å². The quantitative estimate of drug-likeness (QED) is 0.192. The molecule has 35 heavy (non-hydrogen) atoms. The molecule has 3 atom stereocenters. The van der Waals surface area contributed by atoms with E-state index in [1.807, 2.05) is 5.32 Å². The van der Waals surface area contributed by atoms with Crippen molar-refractivity contribution in [1.29, 1.82) is 0 Å². The summed E-state index contributed by atoms with van der Waals surface area (Å²) in [6.07, 6.45) is 4.25. The van der Waals surface area contributed by atoms with Crippen LogP contribution in [0.2, 0.25) is 0 Å². The van der Waals surface area contributed by atoms with Crippen LogP contribution in [0.5, 0.6) is 0 Å². The van der Waals surface area contributed by atoms with E-state index in [9.17, 15) is 37.1 Å². The van der Waals surface area contributed by atoms with E-state index in [1.54, 1.807) is 43.3 Å². The summed E-state index contributed by atoms with van der Waals surface area (Å²) in [4.78, 5) is 37.3. The zero-order chi connectivity index (χ0) is 25.7. The molecule has 0 heterocycles. The van der Waals surface area contributed by atoms with Crippen molar-refractivity contribution in [3.05, 3.63) is 65.8 Å². The van der Waals surface area contributed by atoms with Gasteiger partial charge in [-0.2, -0.15) is 0 Å². The summed E-state index contributed by atoms with van der Waals surface area (Å²) >= 11 is 1.02. The maximum atomic E-state index is 13.9. The van der Waals surface area contributed by atoms with E-state index in [0.29, 0.717) is 17.0 Å². The molecule has 2 amide bonds. The molecule has 1 aliphatic rings. The van der Waals surface area contributed by atoms with E-state index in [-0.39, 0.29) is 18.9 Å². The van der Waals surface area contributed by atoms with Gasteiger partial charge in [0.2, 0.25) is 11.8 Å². The molecule has 0 radical (unpaired) electrons. The third-order valence-corrected chi connectivity index (χ3v) is 6.85. The van der Waals surface area contributed by atoms with Gasteiger partial charge in [-0.05, 0) is 37.5 Å². The largest absolute Gasteiger partial charge is 0.481 e. The monoisotopic (exact) mass is 510 g/mol. The topological polar surface area (TPSA) is 95.5 Å².